The normalized spacial score (nSPS) is 20.4. The van der Waals surface area contributed by atoms with Crippen molar-refractivity contribution in [1.82, 2.24) is 15.1 Å². The summed E-state index contributed by atoms with van der Waals surface area (Å²) in [4.78, 5) is 2.34. The third kappa shape index (κ3) is 3.92. The van der Waals surface area contributed by atoms with Crippen molar-refractivity contribution in [3.8, 4) is 5.75 Å². The summed E-state index contributed by atoms with van der Waals surface area (Å²) >= 11 is 0. The molecule has 0 bridgehead atoms. The Hall–Kier alpha value is -1.85. The fraction of sp³-hybridized carbons (Fsp3) is 0.500. The quantitative estimate of drug-likeness (QED) is 0.890. The average molecular weight is 315 g/mol. The summed E-state index contributed by atoms with van der Waals surface area (Å²) in [5.41, 5.74) is 3.15. The number of likely N-dealkylation sites (tertiary alicyclic amines) is 1. The zero-order valence-corrected chi connectivity index (χ0v) is 13.8. The number of nitrogens with one attached hydrogen (secondary N) is 1. The highest BCUT2D eigenvalue weighted by Crippen LogP contribution is 2.28. The second-order valence-electron chi connectivity index (χ2n) is 6.37. The average Bonchev–Trinajstić information content (AvgIpc) is 3.02. The van der Waals surface area contributed by atoms with Gasteiger partial charge in [0.05, 0.1) is 18.9 Å². The number of β-amino-alcohol motifs (C(OH)–C–C–N with tert-alkyl or cyclic N) is 1. The van der Waals surface area contributed by atoms with Crippen molar-refractivity contribution in [3.63, 3.8) is 0 Å². The van der Waals surface area contributed by atoms with Crippen LogP contribution in [0.3, 0.4) is 0 Å². The molecule has 2 N–H and O–H groups in total. The monoisotopic (exact) mass is 315 g/mol. The molecule has 0 radical (unpaired) electrons. The van der Waals surface area contributed by atoms with Crippen molar-refractivity contribution in [2.45, 2.75) is 31.8 Å². The molecule has 2 heterocycles. The Labute approximate surface area is 137 Å². The van der Waals surface area contributed by atoms with Crippen LogP contribution in [0.25, 0.3) is 0 Å². The van der Waals surface area contributed by atoms with Crippen LogP contribution in [0.15, 0.2) is 30.3 Å². The smallest absolute Gasteiger partial charge is 0.119 e. The van der Waals surface area contributed by atoms with Crippen LogP contribution in [0.2, 0.25) is 0 Å². The molecule has 0 amide bonds. The number of rotatable bonds is 5. The molecule has 0 unspecified atom stereocenters. The molecule has 5 nitrogen and oxygen atoms in total. The Morgan fingerprint density at radius 3 is 3.04 bits per heavy atom. The Morgan fingerprint density at radius 2 is 2.30 bits per heavy atom. The van der Waals surface area contributed by atoms with E-state index in [-0.39, 0.29) is 0 Å². The number of hydrogen-bond acceptors (Lipinski definition) is 4. The molecule has 0 spiro atoms. The maximum absolute atomic E-state index is 10.5. The van der Waals surface area contributed by atoms with Crippen molar-refractivity contribution >= 4 is 0 Å². The first-order valence-electron chi connectivity index (χ1n) is 8.22. The Morgan fingerprint density at radius 1 is 1.43 bits per heavy atom. The van der Waals surface area contributed by atoms with E-state index in [4.69, 9.17) is 4.74 Å². The van der Waals surface area contributed by atoms with E-state index in [1.165, 1.54) is 0 Å². The van der Waals surface area contributed by atoms with Gasteiger partial charge in [-0.15, -0.1) is 0 Å². The maximum atomic E-state index is 10.5. The van der Waals surface area contributed by atoms with Gasteiger partial charge < -0.3 is 9.84 Å². The molecule has 5 heteroatoms. The molecular weight excluding hydrogens is 290 g/mol. The lowest BCUT2D eigenvalue weighted by atomic mass is 9.94. The lowest BCUT2D eigenvalue weighted by Gasteiger charge is -2.33. The zero-order valence-electron chi connectivity index (χ0n) is 13.8. The van der Waals surface area contributed by atoms with E-state index in [1.807, 2.05) is 31.2 Å². The predicted octanol–water partition coefficient (Wildman–Crippen LogP) is 2.64. The molecular formula is C18H25N3O2. The third-order valence-corrected chi connectivity index (χ3v) is 4.56. The van der Waals surface area contributed by atoms with Gasteiger partial charge in [-0.1, -0.05) is 12.1 Å². The summed E-state index contributed by atoms with van der Waals surface area (Å²) in [5, 5.41) is 18.0. The summed E-state index contributed by atoms with van der Waals surface area (Å²) in [6.45, 7) is 4.66. The molecule has 2 atom stereocenters. The Kier molecular flexibility index (Phi) is 4.98. The number of aliphatic hydroxyl groups is 1. The van der Waals surface area contributed by atoms with Crippen LogP contribution < -0.4 is 4.74 Å². The van der Waals surface area contributed by atoms with Gasteiger partial charge in [0.15, 0.2) is 0 Å². The van der Waals surface area contributed by atoms with Crippen molar-refractivity contribution in [3.05, 3.63) is 47.3 Å². The fourth-order valence-electron chi connectivity index (χ4n) is 3.31. The number of hydrogen-bond donors (Lipinski definition) is 2. The lowest BCUT2D eigenvalue weighted by molar-refractivity contribution is 0.0948. The zero-order chi connectivity index (χ0) is 16.2. The van der Waals surface area contributed by atoms with Crippen LogP contribution in [-0.4, -0.2) is 46.9 Å². The van der Waals surface area contributed by atoms with Gasteiger partial charge in [-0.3, -0.25) is 10.00 Å². The van der Waals surface area contributed by atoms with Gasteiger partial charge in [-0.2, -0.15) is 5.10 Å². The summed E-state index contributed by atoms with van der Waals surface area (Å²) in [7, 11) is 1.65. The van der Waals surface area contributed by atoms with Crippen molar-refractivity contribution < 1.29 is 9.84 Å². The van der Waals surface area contributed by atoms with E-state index in [1.54, 1.807) is 7.11 Å². The van der Waals surface area contributed by atoms with Crippen LogP contribution in [0.5, 0.6) is 5.75 Å². The largest absolute Gasteiger partial charge is 0.497 e. The molecule has 1 aliphatic rings. The molecule has 1 fully saturated rings. The Bertz CT molecular complexity index is 641. The first-order chi connectivity index (χ1) is 11.2. The number of aromatic nitrogens is 2. The van der Waals surface area contributed by atoms with Crippen LogP contribution >= 0.6 is 0 Å². The van der Waals surface area contributed by atoms with Crippen molar-refractivity contribution in [2.75, 3.05) is 26.7 Å². The highest BCUT2D eigenvalue weighted by atomic mass is 16.5. The van der Waals surface area contributed by atoms with Gasteiger partial charge in [0.2, 0.25) is 0 Å². The molecule has 2 aromatic rings. The molecule has 124 valence electrons. The number of nitrogens with zero attached hydrogens (tertiary/aromatic N) is 2. The van der Waals surface area contributed by atoms with E-state index in [9.17, 15) is 5.11 Å². The van der Waals surface area contributed by atoms with Crippen LogP contribution in [0, 0.1) is 6.92 Å². The fourth-order valence-corrected chi connectivity index (χ4v) is 3.31. The standard InChI is InChI=1S/C18H25N3O2/c1-13-9-17(20-19-13)15-6-4-8-21(11-15)12-18(22)14-5-3-7-16(10-14)23-2/h3,5,7,9-10,15,18,22H,4,6,8,11-12H2,1-2H3,(H,19,20)/t15-,18-/m0/s1. The van der Waals surface area contributed by atoms with Crippen molar-refractivity contribution in [2.24, 2.45) is 0 Å². The molecule has 3 rings (SSSR count). The van der Waals surface area contributed by atoms with Crippen LogP contribution in [0.4, 0.5) is 0 Å². The number of H-pyrrole nitrogens is 1. The minimum atomic E-state index is -0.496. The number of ether oxygens (including phenoxy) is 1. The SMILES string of the molecule is COc1cccc([C@@H](O)CN2CCC[C@H](c3cc(C)[nH]n3)C2)c1. The van der Waals surface area contributed by atoms with Gasteiger partial charge >= 0.3 is 0 Å². The van der Waals surface area contributed by atoms with E-state index >= 15 is 0 Å². The van der Waals surface area contributed by atoms with Crippen molar-refractivity contribution in [1.29, 1.82) is 0 Å². The van der Waals surface area contributed by atoms with Crippen LogP contribution in [-0.2, 0) is 0 Å². The molecule has 1 aliphatic heterocycles. The lowest BCUT2D eigenvalue weighted by Crippen LogP contribution is -2.37. The Balaban J connectivity index is 1.62. The van der Waals surface area contributed by atoms with E-state index in [0.29, 0.717) is 12.5 Å². The van der Waals surface area contributed by atoms with Gasteiger partial charge in [0, 0.05) is 24.7 Å². The minimum absolute atomic E-state index is 0.450. The third-order valence-electron chi connectivity index (χ3n) is 4.56. The van der Waals surface area contributed by atoms with Crippen LogP contribution in [0.1, 0.15) is 41.8 Å². The molecule has 1 aromatic carbocycles. The topological polar surface area (TPSA) is 61.4 Å². The summed E-state index contributed by atoms with van der Waals surface area (Å²) in [6.07, 6.45) is 1.81. The number of aromatic amines is 1. The summed E-state index contributed by atoms with van der Waals surface area (Å²) in [5.74, 6) is 1.23. The van der Waals surface area contributed by atoms with E-state index in [2.05, 4.69) is 21.2 Å². The molecule has 0 saturated carbocycles. The molecule has 23 heavy (non-hydrogen) atoms. The molecule has 1 saturated heterocycles. The number of aliphatic hydroxyl groups excluding tert-OH is 1. The van der Waals surface area contributed by atoms with E-state index < -0.39 is 6.10 Å². The number of methoxy groups -OCH3 is 1. The molecule has 1 aromatic heterocycles. The highest BCUT2D eigenvalue weighted by Gasteiger charge is 2.25. The number of piperidine rings is 1. The first kappa shape index (κ1) is 16.0. The summed E-state index contributed by atoms with van der Waals surface area (Å²) < 4.78 is 5.24. The predicted molar refractivity (Wildman–Crippen MR) is 89.7 cm³/mol. The number of aryl methyl sites for hydroxylation is 1. The van der Waals surface area contributed by atoms with Gasteiger partial charge in [-0.25, -0.2) is 0 Å². The second-order valence-corrected chi connectivity index (χ2v) is 6.37. The summed E-state index contributed by atoms with van der Waals surface area (Å²) in [6, 6.07) is 9.80. The second kappa shape index (κ2) is 7.15. The first-order valence-corrected chi connectivity index (χ1v) is 8.22. The van der Waals surface area contributed by atoms with Gasteiger partial charge in [0.25, 0.3) is 0 Å². The maximum Gasteiger partial charge on any atom is 0.119 e. The highest BCUT2D eigenvalue weighted by molar-refractivity contribution is 5.30. The van der Waals surface area contributed by atoms with Gasteiger partial charge in [-0.05, 0) is 50.1 Å². The number of benzene rings is 1. The molecule has 0 aliphatic carbocycles. The van der Waals surface area contributed by atoms with E-state index in [0.717, 1.165) is 48.6 Å². The minimum Gasteiger partial charge on any atom is -0.497 e. The van der Waals surface area contributed by atoms with Gasteiger partial charge in [0.1, 0.15) is 5.75 Å².